The molecule has 0 aromatic heterocycles. The smallest absolute Gasteiger partial charge is 0.326 e. The van der Waals surface area contributed by atoms with Gasteiger partial charge in [0.2, 0.25) is 5.91 Å². The van der Waals surface area contributed by atoms with Crippen LogP contribution in [-0.2, 0) is 14.3 Å². The number of nitrogens with one attached hydrogen (secondary N) is 1. The van der Waals surface area contributed by atoms with Gasteiger partial charge in [-0.3, -0.25) is 4.79 Å². The first-order valence-electron chi connectivity index (χ1n) is 5.93. The van der Waals surface area contributed by atoms with Gasteiger partial charge >= 0.3 is 5.97 Å². The third-order valence-corrected chi connectivity index (χ3v) is 3.54. The first-order chi connectivity index (χ1) is 8.13. The molecular weight excluding hydrogens is 224 g/mol. The maximum Gasteiger partial charge on any atom is 0.326 e. The quantitative estimate of drug-likeness (QED) is 0.693. The van der Waals surface area contributed by atoms with Gasteiger partial charge in [-0.1, -0.05) is 0 Å². The Morgan fingerprint density at radius 1 is 1.47 bits per heavy atom. The summed E-state index contributed by atoms with van der Waals surface area (Å²) in [6.45, 7) is 1.20. The average Bonchev–Trinajstić information content (AvgIpc) is 2.97. The number of carboxylic acids is 1. The van der Waals surface area contributed by atoms with E-state index in [0.29, 0.717) is 25.9 Å². The van der Waals surface area contributed by atoms with Gasteiger partial charge < -0.3 is 20.1 Å². The van der Waals surface area contributed by atoms with Crippen LogP contribution >= 0.6 is 0 Å². The van der Waals surface area contributed by atoms with Gasteiger partial charge in [0.25, 0.3) is 0 Å². The van der Waals surface area contributed by atoms with E-state index in [1.807, 2.05) is 0 Å². The maximum atomic E-state index is 12.2. The summed E-state index contributed by atoms with van der Waals surface area (Å²) in [5.74, 6) is -1.01. The van der Waals surface area contributed by atoms with Gasteiger partial charge in [0, 0.05) is 20.2 Å². The van der Waals surface area contributed by atoms with Crippen LogP contribution in [0.15, 0.2) is 0 Å². The SMILES string of the molecule is COC1CNC(C(=O)N2CCC[C@@H]2C(=O)O)C1. The fourth-order valence-electron chi connectivity index (χ4n) is 2.56. The molecule has 2 aliphatic heterocycles. The van der Waals surface area contributed by atoms with Crippen molar-refractivity contribution in [3.05, 3.63) is 0 Å². The molecular formula is C11H18N2O4. The highest BCUT2D eigenvalue weighted by Gasteiger charge is 2.39. The number of carbonyl (C=O) groups is 2. The molecule has 0 spiro atoms. The summed E-state index contributed by atoms with van der Waals surface area (Å²) in [4.78, 5) is 24.7. The number of likely N-dealkylation sites (tertiary alicyclic amines) is 1. The van der Waals surface area contributed by atoms with Crippen molar-refractivity contribution < 1.29 is 19.4 Å². The molecule has 2 N–H and O–H groups in total. The lowest BCUT2D eigenvalue weighted by molar-refractivity contribution is -0.148. The molecule has 0 aromatic carbocycles. The third-order valence-electron chi connectivity index (χ3n) is 3.54. The van der Waals surface area contributed by atoms with E-state index >= 15 is 0 Å². The Bertz CT molecular complexity index is 321. The Hall–Kier alpha value is -1.14. The van der Waals surface area contributed by atoms with Crippen molar-refractivity contribution in [1.82, 2.24) is 10.2 Å². The van der Waals surface area contributed by atoms with Gasteiger partial charge in [0.1, 0.15) is 6.04 Å². The third kappa shape index (κ3) is 2.42. The fourth-order valence-corrected chi connectivity index (χ4v) is 2.56. The molecule has 2 rings (SSSR count). The van der Waals surface area contributed by atoms with E-state index in [2.05, 4.69) is 5.32 Å². The summed E-state index contributed by atoms with van der Waals surface area (Å²) in [7, 11) is 1.62. The van der Waals surface area contributed by atoms with E-state index in [1.54, 1.807) is 7.11 Å². The van der Waals surface area contributed by atoms with E-state index < -0.39 is 12.0 Å². The number of ether oxygens (including phenoxy) is 1. The monoisotopic (exact) mass is 242 g/mol. The van der Waals surface area contributed by atoms with Crippen molar-refractivity contribution in [3.8, 4) is 0 Å². The molecule has 0 bridgehead atoms. The summed E-state index contributed by atoms with van der Waals surface area (Å²) in [5, 5.41) is 12.1. The lowest BCUT2D eigenvalue weighted by atomic mass is 10.1. The molecule has 6 nitrogen and oxygen atoms in total. The van der Waals surface area contributed by atoms with E-state index in [9.17, 15) is 9.59 Å². The predicted octanol–water partition coefficient (Wildman–Crippen LogP) is -0.561. The summed E-state index contributed by atoms with van der Waals surface area (Å²) < 4.78 is 5.18. The number of hydrogen-bond donors (Lipinski definition) is 2. The van der Waals surface area contributed by atoms with Gasteiger partial charge in [-0.05, 0) is 19.3 Å². The second-order valence-electron chi connectivity index (χ2n) is 4.58. The van der Waals surface area contributed by atoms with E-state index in [-0.39, 0.29) is 18.1 Å². The van der Waals surface area contributed by atoms with Crippen molar-refractivity contribution in [1.29, 1.82) is 0 Å². The van der Waals surface area contributed by atoms with Gasteiger partial charge in [-0.15, -0.1) is 0 Å². The molecule has 2 heterocycles. The highest BCUT2D eigenvalue weighted by molar-refractivity contribution is 5.87. The Balaban J connectivity index is 1.98. The maximum absolute atomic E-state index is 12.2. The first kappa shape index (κ1) is 12.3. The van der Waals surface area contributed by atoms with Crippen LogP contribution < -0.4 is 5.32 Å². The highest BCUT2D eigenvalue weighted by Crippen LogP contribution is 2.21. The molecule has 0 radical (unpaired) electrons. The summed E-state index contributed by atoms with van der Waals surface area (Å²) >= 11 is 0. The van der Waals surface area contributed by atoms with E-state index in [0.717, 1.165) is 6.42 Å². The van der Waals surface area contributed by atoms with Crippen molar-refractivity contribution in [3.63, 3.8) is 0 Å². The molecule has 2 fully saturated rings. The van der Waals surface area contributed by atoms with Gasteiger partial charge in [-0.25, -0.2) is 4.79 Å². The predicted molar refractivity (Wildman–Crippen MR) is 59.6 cm³/mol. The molecule has 1 amide bonds. The van der Waals surface area contributed by atoms with E-state index in [1.165, 1.54) is 4.90 Å². The van der Waals surface area contributed by atoms with Gasteiger partial charge in [0.15, 0.2) is 0 Å². The Kier molecular flexibility index (Phi) is 3.63. The zero-order valence-electron chi connectivity index (χ0n) is 9.89. The second-order valence-corrected chi connectivity index (χ2v) is 4.58. The largest absolute Gasteiger partial charge is 0.480 e. The summed E-state index contributed by atoms with van der Waals surface area (Å²) in [6.07, 6.45) is 2.00. The molecule has 0 aromatic rings. The Morgan fingerprint density at radius 3 is 2.82 bits per heavy atom. The van der Waals surface area contributed by atoms with Gasteiger partial charge in [-0.2, -0.15) is 0 Å². The number of amides is 1. The molecule has 17 heavy (non-hydrogen) atoms. The number of rotatable bonds is 3. The zero-order valence-corrected chi connectivity index (χ0v) is 9.89. The molecule has 6 heteroatoms. The number of methoxy groups -OCH3 is 1. The van der Waals surface area contributed by atoms with Crippen molar-refractivity contribution in [2.24, 2.45) is 0 Å². The first-order valence-corrected chi connectivity index (χ1v) is 5.93. The normalized spacial score (nSPS) is 33.0. The van der Waals surface area contributed by atoms with Crippen molar-refractivity contribution in [2.45, 2.75) is 37.5 Å². The molecule has 0 saturated carbocycles. The fraction of sp³-hybridized carbons (Fsp3) is 0.818. The summed E-state index contributed by atoms with van der Waals surface area (Å²) in [6, 6.07) is -0.939. The van der Waals surface area contributed by atoms with Crippen LogP contribution in [0.4, 0.5) is 0 Å². The molecule has 0 aliphatic carbocycles. The minimum absolute atomic E-state index is 0.0508. The lowest BCUT2D eigenvalue weighted by Gasteiger charge is -2.24. The topological polar surface area (TPSA) is 78.9 Å². The number of carbonyl (C=O) groups excluding carboxylic acids is 1. The molecule has 3 atom stereocenters. The minimum atomic E-state index is -0.905. The molecule has 2 saturated heterocycles. The van der Waals surface area contributed by atoms with Crippen LogP contribution in [-0.4, -0.2) is 60.3 Å². The van der Waals surface area contributed by atoms with Crippen LogP contribution in [0, 0.1) is 0 Å². The van der Waals surface area contributed by atoms with Crippen LogP contribution in [0.1, 0.15) is 19.3 Å². The lowest BCUT2D eigenvalue weighted by Crippen LogP contribution is -2.48. The number of hydrogen-bond acceptors (Lipinski definition) is 4. The standard InChI is InChI=1S/C11H18N2O4/c1-17-7-5-8(12-6-7)10(14)13-4-2-3-9(13)11(15)16/h7-9,12H,2-6H2,1H3,(H,15,16)/t7?,8?,9-/m1/s1. The van der Waals surface area contributed by atoms with Crippen LogP contribution in [0.3, 0.4) is 0 Å². The molecule has 2 aliphatic rings. The number of nitrogens with zero attached hydrogens (tertiary/aromatic N) is 1. The van der Waals surface area contributed by atoms with Crippen LogP contribution in [0.2, 0.25) is 0 Å². The molecule has 96 valence electrons. The number of aliphatic carboxylic acids is 1. The van der Waals surface area contributed by atoms with Crippen LogP contribution in [0.5, 0.6) is 0 Å². The zero-order chi connectivity index (χ0) is 12.4. The number of carboxylic acid groups (broad SMARTS) is 1. The Morgan fingerprint density at radius 2 is 2.24 bits per heavy atom. The Labute approximate surface area is 99.9 Å². The van der Waals surface area contributed by atoms with Crippen molar-refractivity contribution >= 4 is 11.9 Å². The minimum Gasteiger partial charge on any atom is -0.480 e. The van der Waals surface area contributed by atoms with Crippen molar-refractivity contribution in [2.75, 3.05) is 20.2 Å². The van der Waals surface area contributed by atoms with Gasteiger partial charge in [0.05, 0.1) is 12.1 Å². The summed E-state index contributed by atoms with van der Waals surface area (Å²) in [5.41, 5.74) is 0. The average molecular weight is 242 g/mol. The second kappa shape index (κ2) is 5.01. The molecule has 2 unspecified atom stereocenters. The van der Waals surface area contributed by atoms with E-state index in [4.69, 9.17) is 9.84 Å². The van der Waals surface area contributed by atoms with Crippen LogP contribution in [0.25, 0.3) is 0 Å². The highest BCUT2D eigenvalue weighted by atomic mass is 16.5.